The Kier molecular flexibility index (Phi) is 11.0. The van der Waals surface area contributed by atoms with Crippen molar-refractivity contribution in [1.82, 2.24) is 5.09 Å². The number of nitrogens with one attached hydrogen (secondary N) is 1. The highest BCUT2D eigenvalue weighted by atomic mass is 35.5. The Morgan fingerprint density at radius 3 is 2.12 bits per heavy atom. The number of unbranched alkanes of at least 4 members (excludes halogenated alkanes) is 4. The van der Waals surface area contributed by atoms with E-state index in [1.54, 1.807) is 36.4 Å². The van der Waals surface area contributed by atoms with Gasteiger partial charge in [0.05, 0.1) is 12.3 Å². The van der Waals surface area contributed by atoms with E-state index in [1.165, 1.54) is 26.1 Å². The van der Waals surface area contributed by atoms with E-state index in [9.17, 15) is 14.6 Å². The Morgan fingerprint density at radius 2 is 1.58 bits per heavy atom. The van der Waals surface area contributed by atoms with Gasteiger partial charge in [0.15, 0.2) is 0 Å². The topological polar surface area (TPSA) is 97.3 Å². The van der Waals surface area contributed by atoms with E-state index in [2.05, 4.69) is 12.0 Å². The third-order valence-electron chi connectivity index (χ3n) is 4.67. The third-order valence-corrected chi connectivity index (χ3v) is 6.53. The standard InChI is InChI=1S/C23H32ClN2O6P/c1-4-5-6-7-8-17-30-23(27)18(2)25-33(29,31-21-13-9-19(24)10-14-21)32-22-15-11-20(12-16-22)26(3)28/h9-16,18,28H,4-8,17H2,1-3H3,(H,25,29)/t18-,33-/m0/s1. The zero-order valence-corrected chi connectivity index (χ0v) is 20.8. The molecule has 0 bridgehead atoms. The van der Waals surface area contributed by atoms with Crippen molar-refractivity contribution in [3.8, 4) is 11.5 Å². The van der Waals surface area contributed by atoms with Crippen LogP contribution in [0.5, 0.6) is 11.5 Å². The Hall–Kier alpha value is -2.25. The van der Waals surface area contributed by atoms with Gasteiger partial charge in [-0.1, -0.05) is 44.2 Å². The highest BCUT2D eigenvalue weighted by molar-refractivity contribution is 7.52. The van der Waals surface area contributed by atoms with Crippen molar-refractivity contribution in [2.45, 2.75) is 52.0 Å². The first-order valence-corrected chi connectivity index (χ1v) is 12.9. The summed E-state index contributed by atoms with van der Waals surface area (Å²) in [5.41, 5.74) is 0.514. The van der Waals surface area contributed by atoms with Crippen LogP contribution in [-0.2, 0) is 14.1 Å². The summed E-state index contributed by atoms with van der Waals surface area (Å²) in [7, 11) is -2.58. The van der Waals surface area contributed by atoms with Crippen molar-refractivity contribution in [3.05, 3.63) is 53.6 Å². The summed E-state index contributed by atoms with van der Waals surface area (Å²) in [6.45, 7) is 3.97. The average molecular weight is 499 g/mol. The monoisotopic (exact) mass is 498 g/mol. The van der Waals surface area contributed by atoms with E-state index in [4.69, 9.17) is 25.4 Å². The van der Waals surface area contributed by atoms with E-state index >= 15 is 0 Å². The van der Waals surface area contributed by atoms with Crippen molar-refractivity contribution in [3.63, 3.8) is 0 Å². The highest BCUT2D eigenvalue weighted by Gasteiger charge is 2.33. The van der Waals surface area contributed by atoms with E-state index in [1.807, 2.05) is 0 Å². The van der Waals surface area contributed by atoms with Gasteiger partial charge in [-0.25, -0.2) is 4.57 Å². The fourth-order valence-corrected chi connectivity index (χ4v) is 4.51. The van der Waals surface area contributed by atoms with Crippen molar-refractivity contribution in [2.24, 2.45) is 0 Å². The van der Waals surface area contributed by atoms with Gasteiger partial charge in [0.2, 0.25) is 0 Å². The number of rotatable bonds is 14. The van der Waals surface area contributed by atoms with E-state index in [-0.39, 0.29) is 11.5 Å². The number of hydroxylamine groups is 1. The lowest BCUT2D eigenvalue weighted by molar-refractivity contribution is -0.145. The normalized spacial score (nSPS) is 13.6. The maximum atomic E-state index is 13.6. The van der Waals surface area contributed by atoms with Crippen LogP contribution in [0.3, 0.4) is 0 Å². The molecule has 10 heteroatoms. The van der Waals surface area contributed by atoms with Gasteiger partial charge < -0.3 is 13.8 Å². The number of hydrogen-bond donors (Lipinski definition) is 2. The third kappa shape index (κ3) is 9.64. The molecule has 0 aliphatic rings. The van der Waals surface area contributed by atoms with Gasteiger partial charge in [-0.3, -0.25) is 15.1 Å². The summed E-state index contributed by atoms with van der Waals surface area (Å²) in [4.78, 5) is 12.4. The fraction of sp³-hybridized carbons (Fsp3) is 0.435. The van der Waals surface area contributed by atoms with E-state index in [0.717, 1.165) is 37.2 Å². The van der Waals surface area contributed by atoms with Crippen LogP contribution in [0.4, 0.5) is 5.69 Å². The maximum absolute atomic E-state index is 13.6. The molecule has 2 aromatic rings. The zero-order chi connectivity index (χ0) is 24.3. The van der Waals surface area contributed by atoms with E-state index < -0.39 is 19.8 Å². The van der Waals surface area contributed by atoms with Crippen LogP contribution in [0.1, 0.15) is 46.0 Å². The van der Waals surface area contributed by atoms with Crippen molar-refractivity contribution < 1.29 is 28.4 Å². The van der Waals surface area contributed by atoms with Gasteiger partial charge in [0.25, 0.3) is 0 Å². The highest BCUT2D eigenvalue weighted by Crippen LogP contribution is 2.45. The lowest BCUT2D eigenvalue weighted by Crippen LogP contribution is -2.36. The summed E-state index contributed by atoms with van der Waals surface area (Å²) in [5.74, 6) is -0.0772. The summed E-state index contributed by atoms with van der Waals surface area (Å²) < 4.78 is 30.1. The van der Waals surface area contributed by atoms with Crippen molar-refractivity contribution >= 4 is 31.0 Å². The maximum Gasteiger partial charge on any atom is 0.513 e. The van der Waals surface area contributed by atoms with Crippen LogP contribution in [0, 0.1) is 0 Å². The van der Waals surface area contributed by atoms with Crippen LogP contribution in [0.2, 0.25) is 5.02 Å². The minimum Gasteiger partial charge on any atom is -0.465 e. The van der Waals surface area contributed by atoms with Crippen molar-refractivity contribution in [2.75, 3.05) is 18.7 Å². The minimum atomic E-state index is -4.05. The predicted octanol–water partition coefficient (Wildman–Crippen LogP) is 6.22. The number of ether oxygens (including phenoxy) is 1. The molecule has 2 atom stereocenters. The number of carbonyl (C=O) groups is 1. The Bertz CT molecular complexity index is 908. The molecular weight excluding hydrogens is 467 g/mol. The summed E-state index contributed by atoms with van der Waals surface area (Å²) in [6.07, 6.45) is 5.17. The molecule has 0 fully saturated rings. The predicted molar refractivity (Wildman–Crippen MR) is 129 cm³/mol. The largest absolute Gasteiger partial charge is 0.513 e. The number of hydrogen-bond acceptors (Lipinski definition) is 7. The SMILES string of the molecule is CCCCCCCOC(=O)[C@H](C)N[P@](=O)(Oc1ccc(Cl)cc1)Oc1ccc(N(C)O)cc1. The number of nitrogens with zero attached hydrogens (tertiary/aromatic N) is 1. The van der Waals surface area contributed by atoms with Crippen molar-refractivity contribution in [1.29, 1.82) is 0 Å². The first kappa shape index (κ1) is 27.0. The quantitative estimate of drug-likeness (QED) is 0.137. The number of benzene rings is 2. The van der Waals surface area contributed by atoms with Gasteiger partial charge in [0, 0.05) is 12.1 Å². The molecule has 0 saturated heterocycles. The summed E-state index contributed by atoms with van der Waals surface area (Å²) >= 11 is 5.91. The molecule has 33 heavy (non-hydrogen) atoms. The molecule has 0 heterocycles. The zero-order valence-electron chi connectivity index (χ0n) is 19.2. The molecule has 0 aliphatic heterocycles. The van der Waals surface area contributed by atoms with Crippen LogP contribution in [-0.4, -0.2) is 30.9 Å². The van der Waals surface area contributed by atoms with E-state index in [0.29, 0.717) is 17.3 Å². The molecule has 0 saturated carbocycles. The Labute approximate surface area is 200 Å². The van der Waals surface area contributed by atoms with Gasteiger partial charge in [-0.05, 0) is 61.9 Å². The fourth-order valence-electron chi connectivity index (χ4n) is 2.86. The average Bonchev–Trinajstić information content (AvgIpc) is 2.77. The lowest BCUT2D eigenvalue weighted by atomic mass is 10.2. The Morgan fingerprint density at radius 1 is 1.03 bits per heavy atom. The molecular formula is C23H32ClN2O6P. The van der Waals surface area contributed by atoms with Crippen LogP contribution < -0.4 is 19.2 Å². The number of anilines is 1. The number of halogens is 1. The van der Waals surface area contributed by atoms with Gasteiger partial charge in [-0.15, -0.1) is 0 Å². The van der Waals surface area contributed by atoms with Gasteiger partial charge >= 0.3 is 13.7 Å². The molecule has 2 N–H and O–H groups in total. The first-order valence-electron chi connectivity index (χ1n) is 10.9. The first-order chi connectivity index (χ1) is 15.7. The second-order valence-electron chi connectivity index (χ2n) is 7.58. The summed E-state index contributed by atoms with van der Waals surface area (Å²) in [6, 6.07) is 11.5. The molecule has 0 amide bonds. The molecule has 2 rings (SSSR count). The van der Waals surface area contributed by atoms with Crippen LogP contribution >= 0.6 is 19.3 Å². The summed E-state index contributed by atoms with van der Waals surface area (Å²) in [5, 5.41) is 13.6. The molecule has 2 aromatic carbocycles. The molecule has 0 aromatic heterocycles. The van der Waals surface area contributed by atoms with Gasteiger partial charge in [-0.2, -0.15) is 5.09 Å². The number of esters is 1. The second kappa shape index (κ2) is 13.5. The van der Waals surface area contributed by atoms with Crippen LogP contribution in [0.25, 0.3) is 0 Å². The smallest absolute Gasteiger partial charge is 0.465 e. The molecule has 0 aliphatic carbocycles. The molecule has 0 radical (unpaired) electrons. The lowest BCUT2D eigenvalue weighted by Gasteiger charge is -2.23. The second-order valence-corrected chi connectivity index (χ2v) is 9.64. The molecule has 8 nitrogen and oxygen atoms in total. The molecule has 0 unspecified atom stereocenters. The minimum absolute atomic E-state index is 0.224. The molecule has 182 valence electrons. The van der Waals surface area contributed by atoms with Crippen LogP contribution in [0.15, 0.2) is 48.5 Å². The Balaban J connectivity index is 2.06. The molecule has 0 spiro atoms. The van der Waals surface area contributed by atoms with Gasteiger partial charge in [0.1, 0.15) is 17.5 Å². The number of carbonyl (C=O) groups excluding carboxylic acids is 1.